The van der Waals surface area contributed by atoms with Gasteiger partial charge in [-0.1, -0.05) is 0 Å². The van der Waals surface area contributed by atoms with Crippen molar-refractivity contribution >= 4 is 11.7 Å². The maximum absolute atomic E-state index is 11.8. The number of hydrogen-bond donors (Lipinski definition) is 2. The van der Waals surface area contributed by atoms with E-state index >= 15 is 0 Å². The predicted octanol–water partition coefficient (Wildman–Crippen LogP) is 2.00. The number of urea groups is 1. The zero-order valence-electron chi connectivity index (χ0n) is 11.8. The van der Waals surface area contributed by atoms with Crippen LogP contribution < -0.4 is 20.1 Å². The smallest absolute Gasteiger partial charge is 0.319 e. The van der Waals surface area contributed by atoms with Crippen LogP contribution in [0.25, 0.3) is 0 Å². The molecule has 1 fully saturated rings. The highest BCUT2D eigenvalue weighted by molar-refractivity contribution is 5.91. The molecule has 1 saturated heterocycles. The van der Waals surface area contributed by atoms with E-state index < -0.39 is 0 Å². The van der Waals surface area contributed by atoms with Crippen molar-refractivity contribution < 1.29 is 19.0 Å². The lowest BCUT2D eigenvalue weighted by Crippen LogP contribution is -2.35. The van der Waals surface area contributed by atoms with Crippen LogP contribution in [-0.2, 0) is 4.74 Å². The Morgan fingerprint density at radius 2 is 2.25 bits per heavy atom. The summed E-state index contributed by atoms with van der Waals surface area (Å²) in [5, 5.41) is 5.54. The first kappa shape index (κ1) is 14.5. The number of nitrogens with one attached hydrogen (secondary N) is 2. The average Bonchev–Trinajstić information content (AvgIpc) is 2.99. The van der Waals surface area contributed by atoms with Crippen LogP contribution in [0.1, 0.15) is 12.8 Å². The molecule has 1 unspecified atom stereocenters. The number of carbonyl (C=O) groups is 1. The zero-order chi connectivity index (χ0) is 14.4. The quantitative estimate of drug-likeness (QED) is 0.865. The molecule has 1 heterocycles. The number of carbonyl (C=O) groups excluding carboxylic acids is 1. The van der Waals surface area contributed by atoms with Crippen LogP contribution >= 0.6 is 0 Å². The van der Waals surface area contributed by atoms with Gasteiger partial charge in [-0.15, -0.1) is 0 Å². The van der Waals surface area contributed by atoms with Gasteiger partial charge in [0.15, 0.2) is 0 Å². The minimum atomic E-state index is -0.274. The summed E-state index contributed by atoms with van der Waals surface area (Å²) in [7, 11) is 3.13. The fourth-order valence-corrected chi connectivity index (χ4v) is 2.08. The molecule has 6 nitrogen and oxygen atoms in total. The van der Waals surface area contributed by atoms with Gasteiger partial charge < -0.3 is 24.8 Å². The number of ether oxygens (including phenoxy) is 3. The molecule has 0 aliphatic carbocycles. The van der Waals surface area contributed by atoms with Crippen LogP contribution in [0.15, 0.2) is 18.2 Å². The molecule has 0 aromatic heterocycles. The molecule has 2 N–H and O–H groups in total. The summed E-state index contributed by atoms with van der Waals surface area (Å²) in [6.07, 6.45) is 2.17. The Balaban J connectivity index is 1.89. The van der Waals surface area contributed by atoms with Crippen LogP contribution in [0.3, 0.4) is 0 Å². The molecule has 1 aromatic rings. The third-order valence-corrected chi connectivity index (χ3v) is 3.17. The highest BCUT2D eigenvalue weighted by Crippen LogP contribution is 2.28. The third kappa shape index (κ3) is 3.77. The fourth-order valence-electron chi connectivity index (χ4n) is 2.08. The van der Waals surface area contributed by atoms with E-state index in [0.717, 1.165) is 19.4 Å². The molecular formula is C14H20N2O4. The maximum atomic E-state index is 11.8. The summed E-state index contributed by atoms with van der Waals surface area (Å²) < 4.78 is 15.8. The zero-order valence-corrected chi connectivity index (χ0v) is 11.8. The molecule has 0 saturated carbocycles. The largest absolute Gasteiger partial charge is 0.497 e. The SMILES string of the molecule is COc1ccc(NC(=O)NCC2CCCO2)c(OC)c1. The first-order valence-corrected chi connectivity index (χ1v) is 6.61. The second kappa shape index (κ2) is 7.00. The van der Waals surface area contributed by atoms with Gasteiger partial charge in [0.25, 0.3) is 0 Å². The van der Waals surface area contributed by atoms with E-state index in [2.05, 4.69) is 10.6 Å². The van der Waals surface area contributed by atoms with Crippen LogP contribution in [0.4, 0.5) is 10.5 Å². The first-order chi connectivity index (χ1) is 9.72. The van der Waals surface area contributed by atoms with Crippen LogP contribution in [0.2, 0.25) is 0 Å². The van der Waals surface area contributed by atoms with Crippen molar-refractivity contribution in [3.8, 4) is 11.5 Å². The topological polar surface area (TPSA) is 68.8 Å². The number of rotatable bonds is 5. The summed E-state index contributed by atoms with van der Waals surface area (Å²) in [6.45, 7) is 1.30. The summed E-state index contributed by atoms with van der Waals surface area (Å²) in [5.41, 5.74) is 0.596. The Hall–Kier alpha value is -1.95. The fraction of sp³-hybridized carbons (Fsp3) is 0.500. The molecular weight excluding hydrogens is 260 g/mol. The molecule has 1 atom stereocenters. The number of amides is 2. The molecule has 1 aliphatic rings. The molecule has 0 bridgehead atoms. The molecule has 6 heteroatoms. The Morgan fingerprint density at radius 1 is 1.40 bits per heavy atom. The van der Waals surface area contributed by atoms with Crippen molar-refractivity contribution in [3.63, 3.8) is 0 Å². The maximum Gasteiger partial charge on any atom is 0.319 e. The van der Waals surface area contributed by atoms with Gasteiger partial charge in [-0.2, -0.15) is 0 Å². The van der Waals surface area contributed by atoms with Crippen molar-refractivity contribution in [1.29, 1.82) is 0 Å². The Kier molecular flexibility index (Phi) is 5.06. The molecule has 2 amide bonds. The van der Waals surface area contributed by atoms with Crippen molar-refractivity contribution in [1.82, 2.24) is 5.32 Å². The molecule has 1 aliphatic heterocycles. The van der Waals surface area contributed by atoms with E-state index in [1.54, 1.807) is 32.4 Å². The van der Waals surface area contributed by atoms with Crippen molar-refractivity contribution in [2.24, 2.45) is 0 Å². The van der Waals surface area contributed by atoms with E-state index in [1.807, 2.05) is 0 Å². The molecule has 110 valence electrons. The minimum Gasteiger partial charge on any atom is -0.497 e. The van der Waals surface area contributed by atoms with Gasteiger partial charge in [0.05, 0.1) is 26.0 Å². The summed E-state index contributed by atoms with van der Waals surface area (Å²) in [6, 6.07) is 4.95. The Labute approximate surface area is 118 Å². The van der Waals surface area contributed by atoms with Crippen LogP contribution in [0, 0.1) is 0 Å². The Bertz CT molecular complexity index is 458. The van der Waals surface area contributed by atoms with Crippen molar-refractivity contribution in [2.75, 3.05) is 32.7 Å². The second-order valence-corrected chi connectivity index (χ2v) is 4.54. The van der Waals surface area contributed by atoms with Gasteiger partial charge in [0, 0.05) is 19.2 Å². The van der Waals surface area contributed by atoms with E-state index in [-0.39, 0.29) is 12.1 Å². The van der Waals surface area contributed by atoms with Crippen LogP contribution in [0.5, 0.6) is 11.5 Å². The third-order valence-electron chi connectivity index (χ3n) is 3.17. The molecule has 0 spiro atoms. The standard InChI is InChI=1S/C14H20N2O4/c1-18-10-5-6-12(13(8-10)19-2)16-14(17)15-9-11-4-3-7-20-11/h5-6,8,11H,3-4,7,9H2,1-2H3,(H2,15,16,17). The van der Waals surface area contributed by atoms with Gasteiger partial charge in [0.1, 0.15) is 11.5 Å². The van der Waals surface area contributed by atoms with E-state index in [9.17, 15) is 4.79 Å². The first-order valence-electron chi connectivity index (χ1n) is 6.61. The van der Waals surface area contributed by atoms with Gasteiger partial charge in [-0.3, -0.25) is 0 Å². The lowest BCUT2D eigenvalue weighted by Gasteiger charge is -2.14. The lowest BCUT2D eigenvalue weighted by molar-refractivity contribution is 0.112. The van der Waals surface area contributed by atoms with Gasteiger partial charge >= 0.3 is 6.03 Å². The molecule has 20 heavy (non-hydrogen) atoms. The lowest BCUT2D eigenvalue weighted by atomic mass is 10.2. The number of benzene rings is 1. The van der Waals surface area contributed by atoms with E-state index in [1.165, 1.54) is 0 Å². The summed E-state index contributed by atoms with van der Waals surface area (Å²) >= 11 is 0. The van der Waals surface area contributed by atoms with Gasteiger partial charge in [-0.25, -0.2) is 4.79 Å². The molecule has 1 aromatic carbocycles. The number of methoxy groups -OCH3 is 2. The number of anilines is 1. The van der Waals surface area contributed by atoms with Crippen molar-refractivity contribution in [3.05, 3.63) is 18.2 Å². The van der Waals surface area contributed by atoms with Crippen molar-refractivity contribution in [2.45, 2.75) is 18.9 Å². The van der Waals surface area contributed by atoms with Gasteiger partial charge in [-0.05, 0) is 25.0 Å². The number of hydrogen-bond acceptors (Lipinski definition) is 4. The van der Waals surface area contributed by atoms with E-state index in [4.69, 9.17) is 14.2 Å². The van der Waals surface area contributed by atoms with E-state index in [0.29, 0.717) is 23.7 Å². The highest BCUT2D eigenvalue weighted by atomic mass is 16.5. The Morgan fingerprint density at radius 3 is 2.90 bits per heavy atom. The normalized spacial score (nSPS) is 17.6. The van der Waals surface area contributed by atoms with Crippen LogP contribution in [-0.4, -0.2) is 39.5 Å². The average molecular weight is 280 g/mol. The monoisotopic (exact) mass is 280 g/mol. The summed E-state index contributed by atoms with van der Waals surface area (Å²) in [5.74, 6) is 1.23. The predicted molar refractivity (Wildman–Crippen MR) is 75.5 cm³/mol. The molecule has 0 radical (unpaired) electrons. The highest BCUT2D eigenvalue weighted by Gasteiger charge is 2.16. The molecule has 2 rings (SSSR count). The van der Waals surface area contributed by atoms with Gasteiger partial charge in [0.2, 0.25) is 0 Å². The minimum absolute atomic E-state index is 0.124. The summed E-state index contributed by atoms with van der Waals surface area (Å²) in [4.78, 5) is 11.8. The second-order valence-electron chi connectivity index (χ2n) is 4.54.